The summed E-state index contributed by atoms with van der Waals surface area (Å²) in [7, 11) is 0. The van der Waals surface area contributed by atoms with Crippen LogP contribution < -0.4 is 5.06 Å². The summed E-state index contributed by atoms with van der Waals surface area (Å²) in [6.45, 7) is 9.35. The molecule has 1 saturated heterocycles. The highest BCUT2D eigenvalue weighted by Crippen LogP contribution is 2.42. The molecule has 0 bridgehead atoms. The van der Waals surface area contributed by atoms with E-state index in [1.807, 2.05) is 13.8 Å². The Morgan fingerprint density at radius 1 is 1.32 bits per heavy atom. The molecular formula is C17H26N3O5. The fourth-order valence-electron chi connectivity index (χ4n) is 3.52. The second-order valence-electron chi connectivity index (χ2n) is 7.54. The molecule has 25 heavy (non-hydrogen) atoms. The van der Waals surface area contributed by atoms with E-state index in [4.69, 9.17) is 4.84 Å². The van der Waals surface area contributed by atoms with E-state index in [2.05, 4.69) is 0 Å². The molecule has 139 valence electrons. The molecule has 0 spiro atoms. The number of rotatable bonds is 6. The maximum atomic E-state index is 12.9. The monoisotopic (exact) mass is 352 g/mol. The van der Waals surface area contributed by atoms with Crippen LogP contribution in [0, 0.1) is 11.1 Å². The first kappa shape index (κ1) is 19.6. The number of carbonyl (C=O) groups excluding carboxylic acids is 3. The summed E-state index contributed by atoms with van der Waals surface area (Å²) in [4.78, 5) is 42.4. The third-order valence-corrected chi connectivity index (χ3v) is 4.92. The number of imide groups is 1. The molecule has 0 aliphatic carbocycles. The Morgan fingerprint density at radius 3 is 2.32 bits per heavy atom. The third kappa shape index (κ3) is 3.61. The molecule has 1 radical (unpaired) electrons. The fourth-order valence-corrected chi connectivity index (χ4v) is 3.52. The maximum Gasteiger partial charge on any atom is 0.255 e. The molecule has 1 atom stereocenters. The lowest BCUT2D eigenvalue weighted by Crippen LogP contribution is -2.53. The molecule has 0 aromatic heterocycles. The zero-order valence-electron chi connectivity index (χ0n) is 15.4. The minimum atomic E-state index is -0.831. The molecule has 3 amide bonds. The van der Waals surface area contributed by atoms with Gasteiger partial charge in [-0.3, -0.25) is 24.1 Å². The van der Waals surface area contributed by atoms with Crippen LogP contribution >= 0.6 is 0 Å². The zero-order chi connectivity index (χ0) is 19.0. The normalized spacial score (nSPS) is 25.0. The van der Waals surface area contributed by atoms with E-state index in [-0.39, 0.29) is 30.9 Å². The minimum absolute atomic E-state index is 0.0242. The molecule has 1 fully saturated rings. The summed E-state index contributed by atoms with van der Waals surface area (Å²) < 4.78 is 0. The topological polar surface area (TPSA) is 95.9 Å². The van der Waals surface area contributed by atoms with Gasteiger partial charge in [-0.15, -0.1) is 0 Å². The molecule has 2 rings (SSSR count). The minimum Gasteiger partial charge on any atom is -0.581 e. The second-order valence-corrected chi connectivity index (χ2v) is 7.54. The van der Waals surface area contributed by atoms with Crippen molar-refractivity contribution >= 4 is 17.7 Å². The van der Waals surface area contributed by atoms with Crippen LogP contribution in [0.5, 0.6) is 0 Å². The van der Waals surface area contributed by atoms with Crippen molar-refractivity contribution in [3.8, 4) is 0 Å². The predicted octanol–water partition coefficient (Wildman–Crippen LogP) is 0.906. The van der Waals surface area contributed by atoms with Gasteiger partial charge in [0.25, 0.3) is 17.7 Å². The van der Waals surface area contributed by atoms with Gasteiger partial charge in [0.1, 0.15) is 17.0 Å². The molecule has 2 aliphatic rings. The average Bonchev–Trinajstić information content (AvgIpc) is 2.94. The van der Waals surface area contributed by atoms with Crippen LogP contribution in [0.1, 0.15) is 41.0 Å². The number of amides is 3. The molecule has 8 heteroatoms. The molecule has 1 unspecified atom stereocenters. The van der Waals surface area contributed by atoms with Crippen LogP contribution in [0.15, 0.2) is 12.2 Å². The van der Waals surface area contributed by atoms with Crippen LogP contribution in [0.4, 0.5) is 0 Å². The Morgan fingerprint density at radius 2 is 1.88 bits per heavy atom. The smallest absolute Gasteiger partial charge is 0.255 e. The number of hydroxylamine groups is 4. The van der Waals surface area contributed by atoms with Crippen molar-refractivity contribution < 1.29 is 19.2 Å². The van der Waals surface area contributed by atoms with Gasteiger partial charge in [-0.2, -0.15) is 5.06 Å². The van der Waals surface area contributed by atoms with Crippen molar-refractivity contribution in [2.75, 3.05) is 19.7 Å². The first-order valence-electron chi connectivity index (χ1n) is 8.47. The van der Waals surface area contributed by atoms with Crippen LogP contribution in [0.2, 0.25) is 0 Å². The Labute approximate surface area is 147 Å². The van der Waals surface area contributed by atoms with Crippen molar-refractivity contribution in [3.63, 3.8) is 0 Å². The lowest BCUT2D eigenvalue weighted by atomic mass is 9.86. The third-order valence-electron chi connectivity index (χ3n) is 4.92. The number of hydrogen-bond acceptors (Lipinski definition) is 6. The van der Waals surface area contributed by atoms with E-state index in [9.17, 15) is 19.6 Å². The zero-order valence-corrected chi connectivity index (χ0v) is 15.4. The van der Waals surface area contributed by atoms with Crippen molar-refractivity contribution in [1.82, 2.24) is 15.0 Å². The van der Waals surface area contributed by atoms with Gasteiger partial charge in [-0.1, -0.05) is 0 Å². The van der Waals surface area contributed by atoms with Crippen LogP contribution in [0.3, 0.4) is 0 Å². The average molecular weight is 352 g/mol. The van der Waals surface area contributed by atoms with Crippen LogP contribution in [-0.4, -0.2) is 58.5 Å². The van der Waals surface area contributed by atoms with Crippen LogP contribution in [-0.2, 0) is 19.2 Å². The summed E-state index contributed by atoms with van der Waals surface area (Å²) in [5.74, 6) is -1.51. The standard InChI is InChI=1S/C17H26N3O5/c1-6-19(25-10-9-18-13(21)7-8-14(18)22)15(23)12-11-16(2,3)20(24)17(12,4)5/h7-8,12H,6,9-11H2,1-5H3. The summed E-state index contributed by atoms with van der Waals surface area (Å²) in [6, 6.07) is 0. The van der Waals surface area contributed by atoms with Gasteiger partial charge in [0.2, 0.25) is 0 Å². The van der Waals surface area contributed by atoms with E-state index in [1.54, 1.807) is 20.8 Å². The molecule has 0 N–H and O–H groups in total. The summed E-state index contributed by atoms with van der Waals surface area (Å²) in [5.41, 5.74) is -1.45. The molecule has 2 heterocycles. The predicted molar refractivity (Wildman–Crippen MR) is 91.0 cm³/mol. The van der Waals surface area contributed by atoms with E-state index in [1.165, 1.54) is 17.2 Å². The van der Waals surface area contributed by atoms with Crippen molar-refractivity contribution in [2.24, 2.45) is 5.92 Å². The maximum absolute atomic E-state index is 12.9. The van der Waals surface area contributed by atoms with Gasteiger partial charge in [0.15, 0.2) is 0 Å². The van der Waals surface area contributed by atoms with E-state index in [0.29, 0.717) is 13.0 Å². The molecule has 2 aliphatic heterocycles. The molecule has 0 aromatic rings. The highest BCUT2D eigenvalue weighted by atomic mass is 16.7. The first-order valence-corrected chi connectivity index (χ1v) is 8.47. The van der Waals surface area contributed by atoms with E-state index in [0.717, 1.165) is 9.96 Å². The summed E-state index contributed by atoms with van der Waals surface area (Å²) in [5, 5.41) is 14.7. The van der Waals surface area contributed by atoms with Crippen molar-refractivity contribution in [2.45, 2.75) is 52.1 Å². The fraction of sp³-hybridized carbons (Fsp3) is 0.706. The Kier molecular flexibility index (Phi) is 5.36. The highest BCUT2D eigenvalue weighted by Gasteiger charge is 2.59. The molecule has 8 nitrogen and oxygen atoms in total. The van der Waals surface area contributed by atoms with Gasteiger partial charge < -0.3 is 5.21 Å². The first-order chi connectivity index (χ1) is 11.5. The summed E-state index contributed by atoms with van der Waals surface area (Å²) in [6.07, 6.45) is 2.85. The van der Waals surface area contributed by atoms with Gasteiger partial charge >= 0.3 is 0 Å². The van der Waals surface area contributed by atoms with Crippen molar-refractivity contribution in [1.29, 1.82) is 0 Å². The summed E-state index contributed by atoms with van der Waals surface area (Å²) >= 11 is 0. The Hall–Kier alpha value is -1.77. The number of carbonyl (C=O) groups is 3. The largest absolute Gasteiger partial charge is 0.581 e. The lowest BCUT2D eigenvalue weighted by Gasteiger charge is -2.34. The molecule has 0 saturated carbocycles. The number of nitrogens with zero attached hydrogens (tertiary/aromatic N) is 3. The van der Waals surface area contributed by atoms with Gasteiger partial charge in [0, 0.05) is 25.1 Å². The second kappa shape index (κ2) is 6.86. The van der Waals surface area contributed by atoms with Gasteiger partial charge in [0.05, 0.1) is 13.2 Å². The Bertz CT molecular complexity index is 581. The van der Waals surface area contributed by atoms with Gasteiger partial charge in [-0.25, -0.2) is 5.06 Å². The van der Waals surface area contributed by atoms with E-state index >= 15 is 0 Å². The van der Waals surface area contributed by atoms with E-state index < -0.39 is 17.0 Å². The van der Waals surface area contributed by atoms with Crippen LogP contribution in [0.25, 0.3) is 0 Å². The highest BCUT2D eigenvalue weighted by molar-refractivity contribution is 6.12. The molecule has 0 aromatic carbocycles. The lowest BCUT2D eigenvalue weighted by molar-refractivity contribution is -0.192. The SMILES string of the molecule is CCN(OCCN1C(=O)C=CC1=O)C(=O)C1CC(C)(C)[N+]([O-])C1(C)C. The number of hydrogen-bond donors (Lipinski definition) is 0. The van der Waals surface area contributed by atoms with Gasteiger partial charge in [-0.05, 0) is 34.6 Å². The van der Waals surface area contributed by atoms with Crippen molar-refractivity contribution in [3.05, 3.63) is 17.4 Å². The quantitative estimate of drug-likeness (QED) is 0.306. The molecular weight excluding hydrogens is 326 g/mol. The Balaban J connectivity index is 1.97.